The fraction of sp³-hybridized carbons (Fsp3) is 0.364. The SMILES string of the molecule is CCC(=O)c1ccc(OC)cc1C(F)(F)F. The minimum Gasteiger partial charge on any atom is -0.497 e. The highest BCUT2D eigenvalue weighted by atomic mass is 19.4. The smallest absolute Gasteiger partial charge is 0.417 e. The van der Waals surface area contributed by atoms with Crippen molar-refractivity contribution < 1.29 is 22.7 Å². The normalized spacial score (nSPS) is 11.3. The summed E-state index contributed by atoms with van der Waals surface area (Å²) in [5, 5.41) is 0. The number of benzene rings is 1. The third-order valence-electron chi connectivity index (χ3n) is 2.15. The van der Waals surface area contributed by atoms with Crippen LogP contribution in [0.15, 0.2) is 18.2 Å². The van der Waals surface area contributed by atoms with Gasteiger partial charge in [-0.05, 0) is 18.2 Å². The largest absolute Gasteiger partial charge is 0.497 e. The Morgan fingerprint density at radius 3 is 2.44 bits per heavy atom. The Morgan fingerprint density at radius 2 is 2.00 bits per heavy atom. The van der Waals surface area contributed by atoms with Gasteiger partial charge in [0.2, 0.25) is 0 Å². The highest BCUT2D eigenvalue weighted by Gasteiger charge is 2.35. The van der Waals surface area contributed by atoms with Crippen LogP contribution in [0.1, 0.15) is 29.3 Å². The number of Topliss-reactive ketones (excluding diaryl/α,β-unsaturated/α-hetero) is 1. The average molecular weight is 232 g/mol. The van der Waals surface area contributed by atoms with E-state index in [9.17, 15) is 18.0 Å². The molecule has 1 aromatic rings. The summed E-state index contributed by atoms with van der Waals surface area (Å²) in [4.78, 5) is 11.3. The molecular formula is C11H11F3O2. The lowest BCUT2D eigenvalue weighted by Crippen LogP contribution is -2.12. The van der Waals surface area contributed by atoms with Crippen molar-refractivity contribution in [2.75, 3.05) is 7.11 Å². The van der Waals surface area contributed by atoms with Crippen molar-refractivity contribution in [3.63, 3.8) is 0 Å². The van der Waals surface area contributed by atoms with E-state index in [1.54, 1.807) is 0 Å². The standard InChI is InChI=1S/C11H11F3O2/c1-3-10(15)8-5-4-7(16-2)6-9(8)11(12,13)14/h4-6H,3H2,1-2H3. The van der Waals surface area contributed by atoms with E-state index < -0.39 is 17.5 Å². The minimum atomic E-state index is -4.55. The van der Waals surface area contributed by atoms with Gasteiger partial charge in [0.15, 0.2) is 5.78 Å². The quantitative estimate of drug-likeness (QED) is 0.747. The Hall–Kier alpha value is -1.52. The van der Waals surface area contributed by atoms with Crippen LogP contribution in [0.4, 0.5) is 13.2 Å². The summed E-state index contributed by atoms with van der Waals surface area (Å²) in [6.45, 7) is 1.52. The summed E-state index contributed by atoms with van der Waals surface area (Å²) in [5.74, 6) is -0.449. The minimum absolute atomic E-state index is 0.0371. The second kappa shape index (κ2) is 4.55. The fourth-order valence-corrected chi connectivity index (χ4v) is 1.32. The Kier molecular flexibility index (Phi) is 3.57. The molecule has 0 aliphatic carbocycles. The monoisotopic (exact) mass is 232 g/mol. The zero-order chi connectivity index (χ0) is 12.3. The number of hydrogen-bond donors (Lipinski definition) is 0. The summed E-state index contributed by atoms with van der Waals surface area (Å²) in [5.41, 5.74) is -1.26. The van der Waals surface area contributed by atoms with Crippen molar-refractivity contribution in [3.8, 4) is 5.75 Å². The molecule has 0 radical (unpaired) electrons. The number of halogens is 3. The molecule has 0 atom stereocenters. The highest BCUT2D eigenvalue weighted by molar-refractivity contribution is 5.97. The van der Waals surface area contributed by atoms with Crippen LogP contribution in [-0.2, 0) is 6.18 Å². The zero-order valence-corrected chi connectivity index (χ0v) is 8.89. The van der Waals surface area contributed by atoms with Gasteiger partial charge in [0.05, 0.1) is 12.7 Å². The van der Waals surface area contributed by atoms with Gasteiger partial charge in [-0.3, -0.25) is 4.79 Å². The molecule has 0 aliphatic rings. The number of ether oxygens (including phenoxy) is 1. The molecule has 88 valence electrons. The van der Waals surface area contributed by atoms with E-state index in [1.807, 2.05) is 0 Å². The van der Waals surface area contributed by atoms with Crippen LogP contribution in [0.3, 0.4) is 0 Å². The molecule has 16 heavy (non-hydrogen) atoms. The molecule has 1 aromatic carbocycles. The number of rotatable bonds is 3. The van der Waals surface area contributed by atoms with E-state index in [0.29, 0.717) is 0 Å². The second-order valence-electron chi connectivity index (χ2n) is 3.19. The number of carbonyl (C=O) groups excluding carboxylic acids is 1. The first-order chi connectivity index (χ1) is 7.40. The van der Waals surface area contributed by atoms with Crippen LogP contribution in [0.5, 0.6) is 5.75 Å². The molecule has 0 amide bonds. The molecule has 2 nitrogen and oxygen atoms in total. The predicted molar refractivity (Wildman–Crippen MR) is 52.6 cm³/mol. The summed E-state index contributed by atoms with van der Waals surface area (Å²) in [6.07, 6.45) is -4.51. The van der Waals surface area contributed by atoms with Crippen LogP contribution in [0.25, 0.3) is 0 Å². The number of ketones is 1. The van der Waals surface area contributed by atoms with Crippen LogP contribution in [-0.4, -0.2) is 12.9 Å². The van der Waals surface area contributed by atoms with Gasteiger partial charge in [-0.25, -0.2) is 0 Å². The summed E-state index contributed by atoms with van der Waals surface area (Å²) < 4.78 is 42.7. The van der Waals surface area contributed by atoms with Crippen molar-refractivity contribution in [2.24, 2.45) is 0 Å². The van der Waals surface area contributed by atoms with Crippen molar-refractivity contribution in [1.29, 1.82) is 0 Å². The van der Waals surface area contributed by atoms with Gasteiger partial charge in [-0.2, -0.15) is 13.2 Å². The molecule has 5 heteroatoms. The summed E-state index contributed by atoms with van der Waals surface area (Å²) in [6, 6.07) is 3.33. The molecule has 0 saturated carbocycles. The number of alkyl halides is 3. The molecular weight excluding hydrogens is 221 g/mol. The van der Waals surface area contributed by atoms with Crippen LogP contribution in [0, 0.1) is 0 Å². The van der Waals surface area contributed by atoms with E-state index in [4.69, 9.17) is 4.74 Å². The van der Waals surface area contributed by atoms with E-state index >= 15 is 0 Å². The lowest BCUT2D eigenvalue weighted by Gasteiger charge is -2.12. The number of methoxy groups -OCH3 is 1. The molecule has 0 aromatic heterocycles. The van der Waals surface area contributed by atoms with Crippen LogP contribution in [0.2, 0.25) is 0 Å². The van der Waals surface area contributed by atoms with E-state index in [1.165, 1.54) is 20.1 Å². The van der Waals surface area contributed by atoms with Gasteiger partial charge >= 0.3 is 6.18 Å². The van der Waals surface area contributed by atoms with Gasteiger partial charge in [-0.15, -0.1) is 0 Å². The fourth-order valence-electron chi connectivity index (χ4n) is 1.32. The number of hydrogen-bond acceptors (Lipinski definition) is 2. The lowest BCUT2D eigenvalue weighted by molar-refractivity contribution is -0.138. The molecule has 0 saturated heterocycles. The van der Waals surface area contributed by atoms with Gasteiger partial charge in [-0.1, -0.05) is 6.92 Å². The van der Waals surface area contributed by atoms with Gasteiger partial charge in [0.25, 0.3) is 0 Å². The maximum Gasteiger partial charge on any atom is 0.417 e. The van der Waals surface area contributed by atoms with E-state index in [0.717, 1.165) is 12.1 Å². The van der Waals surface area contributed by atoms with Gasteiger partial charge < -0.3 is 4.74 Å². The van der Waals surface area contributed by atoms with E-state index in [2.05, 4.69) is 0 Å². The Labute approximate surface area is 91.0 Å². The molecule has 1 rings (SSSR count). The first-order valence-corrected chi connectivity index (χ1v) is 4.68. The molecule has 0 bridgehead atoms. The molecule has 0 heterocycles. The van der Waals surface area contributed by atoms with Crippen LogP contribution >= 0.6 is 0 Å². The van der Waals surface area contributed by atoms with Crippen molar-refractivity contribution in [3.05, 3.63) is 29.3 Å². The summed E-state index contributed by atoms with van der Waals surface area (Å²) >= 11 is 0. The van der Waals surface area contributed by atoms with Crippen molar-refractivity contribution in [2.45, 2.75) is 19.5 Å². The average Bonchev–Trinajstić information content (AvgIpc) is 2.26. The Bertz CT molecular complexity index is 397. The first-order valence-electron chi connectivity index (χ1n) is 4.68. The predicted octanol–water partition coefficient (Wildman–Crippen LogP) is 3.31. The Balaban J connectivity index is 3.33. The molecule has 0 fully saturated rings. The lowest BCUT2D eigenvalue weighted by atomic mass is 10.0. The third kappa shape index (κ3) is 2.53. The zero-order valence-electron chi connectivity index (χ0n) is 8.89. The third-order valence-corrected chi connectivity index (χ3v) is 2.15. The van der Waals surface area contributed by atoms with Gasteiger partial charge in [0, 0.05) is 12.0 Å². The first kappa shape index (κ1) is 12.5. The van der Waals surface area contributed by atoms with Crippen LogP contribution < -0.4 is 4.74 Å². The molecule has 0 N–H and O–H groups in total. The molecule has 0 aliphatic heterocycles. The van der Waals surface area contributed by atoms with Crippen molar-refractivity contribution in [1.82, 2.24) is 0 Å². The molecule has 0 unspecified atom stereocenters. The van der Waals surface area contributed by atoms with E-state index in [-0.39, 0.29) is 17.7 Å². The number of carbonyl (C=O) groups is 1. The topological polar surface area (TPSA) is 26.3 Å². The summed E-state index contributed by atoms with van der Waals surface area (Å²) in [7, 11) is 1.27. The Morgan fingerprint density at radius 1 is 1.38 bits per heavy atom. The highest BCUT2D eigenvalue weighted by Crippen LogP contribution is 2.34. The van der Waals surface area contributed by atoms with Gasteiger partial charge in [0.1, 0.15) is 5.75 Å². The molecule has 0 spiro atoms. The maximum absolute atomic E-state index is 12.7. The van der Waals surface area contributed by atoms with Crippen molar-refractivity contribution >= 4 is 5.78 Å². The maximum atomic E-state index is 12.7. The second-order valence-corrected chi connectivity index (χ2v) is 3.19.